The van der Waals surface area contributed by atoms with Gasteiger partial charge in [0, 0.05) is 13.1 Å². The fourth-order valence-corrected chi connectivity index (χ4v) is 2.21. The van der Waals surface area contributed by atoms with Crippen LogP contribution in [0.3, 0.4) is 0 Å². The van der Waals surface area contributed by atoms with Gasteiger partial charge >= 0.3 is 0 Å². The second kappa shape index (κ2) is 6.61. The van der Waals surface area contributed by atoms with Crippen LogP contribution in [0.25, 0.3) is 0 Å². The van der Waals surface area contributed by atoms with Crippen molar-refractivity contribution in [2.45, 2.75) is 6.42 Å². The summed E-state index contributed by atoms with van der Waals surface area (Å²) in [6.45, 7) is 1.93. The van der Waals surface area contributed by atoms with Crippen LogP contribution in [-0.4, -0.2) is 51.7 Å². The van der Waals surface area contributed by atoms with Crippen LogP contribution >= 0.6 is 0 Å². The molecule has 0 radical (unpaired) electrons. The van der Waals surface area contributed by atoms with Gasteiger partial charge in [0.25, 0.3) is 0 Å². The molecule has 1 aromatic carbocycles. The Hall–Kier alpha value is -1.75. The minimum absolute atomic E-state index is 0.0559. The predicted octanol–water partition coefficient (Wildman–Crippen LogP) is 0.924. The van der Waals surface area contributed by atoms with Gasteiger partial charge in [0.2, 0.25) is 5.91 Å². The molecule has 1 aliphatic rings. The number of methoxy groups -OCH3 is 1. The highest BCUT2D eigenvalue weighted by Crippen LogP contribution is 2.30. The van der Waals surface area contributed by atoms with E-state index in [2.05, 4.69) is 5.32 Å². The van der Waals surface area contributed by atoms with Crippen molar-refractivity contribution in [2.24, 2.45) is 5.92 Å². The maximum atomic E-state index is 12.1. The SMILES string of the molecule is COc1ccc2c(c1)CC(C(=O)NCCN(C)C)CO2. The van der Waals surface area contributed by atoms with E-state index < -0.39 is 0 Å². The first-order chi connectivity index (χ1) is 9.60. The van der Waals surface area contributed by atoms with Gasteiger partial charge in [0.05, 0.1) is 13.0 Å². The Morgan fingerprint density at radius 3 is 3.00 bits per heavy atom. The molecular weight excluding hydrogens is 256 g/mol. The van der Waals surface area contributed by atoms with Crippen molar-refractivity contribution >= 4 is 5.91 Å². The number of nitrogens with one attached hydrogen (secondary N) is 1. The second-order valence-electron chi connectivity index (χ2n) is 5.28. The molecule has 0 aliphatic carbocycles. The third-order valence-corrected chi connectivity index (χ3v) is 3.40. The molecule has 0 saturated carbocycles. The van der Waals surface area contributed by atoms with Crippen molar-refractivity contribution in [1.82, 2.24) is 10.2 Å². The van der Waals surface area contributed by atoms with Crippen molar-refractivity contribution in [3.05, 3.63) is 23.8 Å². The maximum absolute atomic E-state index is 12.1. The molecule has 1 unspecified atom stereocenters. The number of hydrogen-bond acceptors (Lipinski definition) is 4. The number of rotatable bonds is 5. The average molecular weight is 278 g/mol. The van der Waals surface area contributed by atoms with Crippen molar-refractivity contribution in [2.75, 3.05) is 40.9 Å². The highest BCUT2D eigenvalue weighted by atomic mass is 16.5. The number of benzene rings is 1. The summed E-state index contributed by atoms with van der Waals surface area (Å²) < 4.78 is 10.9. The minimum Gasteiger partial charge on any atom is -0.497 e. The largest absolute Gasteiger partial charge is 0.497 e. The third kappa shape index (κ3) is 3.63. The van der Waals surface area contributed by atoms with E-state index in [1.807, 2.05) is 37.2 Å². The van der Waals surface area contributed by atoms with E-state index in [4.69, 9.17) is 9.47 Å². The molecule has 1 aromatic rings. The number of fused-ring (bicyclic) bond motifs is 1. The molecule has 0 fully saturated rings. The lowest BCUT2D eigenvalue weighted by molar-refractivity contribution is -0.126. The second-order valence-corrected chi connectivity index (χ2v) is 5.28. The molecule has 1 N–H and O–H groups in total. The van der Waals surface area contributed by atoms with E-state index in [9.17, 15) is 4.79 Å². The van der Waals surface area contributed by atoms with E-state index in [-0.39, 0.29) is 11.8 Å². The van der Waals surface area contributed by atoms with E-state index in [1.54, 1.807) is 7.11 Å². The number of nitrogens with zero attached hydrogens (tertiary/aromatic N) is 1. The van der Waals surface area contributed by atoms with E-state index in [1.165, 1.54) is 0 Å². The minimum atomic E-state index is -0.128. The van der Waals surface area contributed by atoms with Crippen LogP contribution in [0.2, 0.25) is 0 Å². The van der Waals surface area contributed by atoms with Gasteiger partial charge in [-0.1, -0.05) is 0 Å². The van der Waals surface area contributed by atoms with Gasteiger partial charge in [0.15, 0.2) is 0 Å². The molecule has 110 valence electrons. The van der Waals surface area contributed by atoms with E-state index in [0.29, 0.717) is 19.6 Å². The highest BCUT2D eigenvalue weighted by Gasteiger charge is 2.26. The van der Waals surface area contributed by atoms with Gasteiger partial charge in [-0.3, -0.25) is 4.79 Å². The number of hydrogen-bond donors (Lipinski definition) is 1. The molecule has 2 rings (SSSR count). The first kappa shape index (κ1) is 14.7. The summed E-state index contributed by atoms with van der Waals surface area (Å²) in [7, 11) is 5.60. The van der Waals surface area contributed by atoms with Crippen molar-refractivity contribution in [3.8, 4) is 11.5 Å². The number of likely N-dealkylation sites (N-methyl/N-ethyl adjacent to an activating group) is 1. The first-order valence-electron chi connectivity index (χ1n) is 6.82. The van der Waals surface area contributed by atoms with Crippen LogP contribution in [-0.2, 0) is 11.2 Å². The quantitative estimate of drug-likeness (QED) is 0.870. The van der Waals surface area contributed by atoms with Crippen molar-refractivity contribution in [3.63, 3.8) is 0 Å². The lowest BCUT2D eigenvalue weighted by atomic mass is 9.96. The average Bonchev–Trinajstić information content (AvgIpc) is 2.45. The molecule has 0 spiro atoms. The fraction of sp³-hybridized carbons (Fsp3) is 0.533. The molecule has 1 amide bonds. The molecule has 5 heteroatoms. The summed E-state index contributed by atoms with van der Waals surface area (Å²) >= 11 is 0. The molecule has 0 aromatic heterocycles. The zero-order chi connectivity index (χ0) is 14.5. The zero-order valence-electron chi connectivity index (χ0n) is 12.3. The number of carbonyl (C=O) groups is 1. The van der Waals surface area contributed by atoms with Crippen molar-refractivity contribution in [1.29, 1.82) is 0 Å². The highest BCUT2D eigenvalue weighted by molar-refractivity contribution is 5.79. The summed E-state index contributed by atoms with van der Waals surface area (Å²) in [6, 6.07) is 5.71. The molecule has 5 nitrogen and oxygen atoms in total. The Balaban J connectivity index is 1.94. The predicted molar refractivity (Wildman–Crippen MR) is 77.2 cm³/mol. The standard InChI is InChI=1S/C15H22N2O3/c1-17(2)7-6-16-15(18)12-8-11-9-13(19-3)4-5-14(11)20-10-12/h4-5,9,12H,6-8,10H2,1-3H3,(H,16,18). The van der Waals surface area contributed by atoms with Gasteiger partial charge in [-0.15, -0.1) is 0 Å². The Morgan fingerprint density at radius 2 is 2.30 bits per heavy atom. The van der Waals surface area contributed by atoms with Gasteiger partial charge in [-0.05, 0) is 44.3 Å². The normalized spacial score (nSPS) is 17.3. The summed E-state index contributed by atoms with van der Waals surface area (Å²) in [6.07, 6.45) is 0.695. The van der Waals surface area contributed by atoms with Gasteiger partial charge in [-0.2, -0.15) is 0 Å². The fourth-order valence-electron chi connectivity index (χ4n) is 2.21. The zero-order valence-corrected chi connectivity index (χ0v) is 12.3. The Kier molecular flexibility index (Phi) is 4.84. The topological polar surface area (TPSA) is 50.8 Å². The van der Waals surface area contributed by atoms with Gasteiger partial charge in [-0.25, -0.2) is 0 Å². The van der Waals surface area contributed by atoms with Gasteiger partial charge in [0.1, 0.15) is 18.1 Å². The lowest BCUT2D eigenvalue weighted by Gasteiger charge is -2.25. The number of amides is 1. The third-order valence-electron chi connectivity index (χ3n) is 3.40. The van der Waals surface area contributed by atoms with Crippen LogP contribution in [0.5, 0.6) is 11.5 Å². The summed E-state index contributed by atoms with van der Waals surface area (Å²) in [4.78, 5) is 14.1. The monoisotopic (exact) mass is 278 g/mol. The molecule has 1 heterocycles. The molecular formula is C15H22N2O3. The molecule has 0 saturated heterocycles. The van der Waals surface area contributed by atoms with E-state index >= 15 is 0 Å². The van der Waals surface area contributed by atoms with Crippen LogP contribution in [0.4, 0.5) is 0 Å². The summed E-state index contributed by atoms with van der Waals surface area (Å²) in [5.74, 6) is 1.57. The maximum Gasteiger partial charge on any atom is 0.226 e. The van der Waals surface area contributed by atoms with Crippen molar-refractivity contribution < 1.29 is 14.3 Å². The number of carbonyl (C=O) groups excluding carboxylic acids is 1. The van der Waals surface area contributed by atoms with Crippen LogP contribution < -0.4 is 14.8 Å². The molecule has 0 bridgehead atoms. The Bertz CT molecular complexity index is 474. The lowest BCUT2D eigenvalue weighted by Crippen LogP contribution is -2.40. The van der Waals surface area contributed by atoms with Crippen LogP contribution in [0.15, 0.2) is 18.2 Å². The summed E-state index contributed by atoms with van der Waals surface area (Å²) in [5, 5.41) is 2.95. The Labute approximate surface area is 119 Å². The van der Waals surface area contributed by atoms with E-state index in [0.717, 1.165) is 23.6 Å². The summed E-state index contributed by atoms with van der Waals surface area (Å²) in [5.41, 5.74) is 1.03. The Morgan fingerprint density at radius 1 is 1.50 bits per heavy atom. The van der Waals surface area contributed by atoms with Crippen LogP contribution in [0, 0.1) is 5.92 Å². The van der Waals surface area contributed by atoms with Crippen LogP contribution in [0.1, 0.15) is 5.56 Å². The number of ether oxygens (including phenoxy) is 2. The first-order valence-corrected chi connectivity index (χ1v) is 6.82. The smallest absolute Gasteiger partial charge is 0.226 e. The van der Waals surface area contributed by atoms with Gasteiger partial charge < -0.3 is 19.7 Å². The molecule has 20 heavy (non-hydrogen) atoms. The molecule has 1 atom stereocenters. The molecule has 1 aliphatic heterocycles.